The van der Waals surface area contributed by atoms with Crippen LogP contribution in [0.3, 0.4) is 0 Å². The second kappa shape index (κ2) is 4.53. The average Bonchev–Trinajstić information content (AvgIpc) is 2.14. The number of carbonyl (C=O) groups excluding carboxylic acids is 1. The number of rotatable bonds is 3. The van der Waals surface area contributed by atoms with Gasteiger partial charge >= 0.3 is 0 Å². The lowest BCUT2D eigenvalue weighted by atomic mass is 10.1. The van der Waals surface area contributed by atoms with Crippen LogP contribution in [-0.2, 0) is 4.79 Å². The molecule has 0 aliphatic carbocycles. The first-order valence-electron chi connectivity index (χ1n) is 4.10. The predicted octanol–water partition coefficient (Wildman–Crippen LogP) is 2.61. The van der Waals surface area contributed by atoms with Crippen LogP contribution in [0.15, 0.2) is 29.3 Å². The molecule has 0 saturated heterocycles. The number of halogens is 1. The van der Waals surface area contributed by atoms with Gasteiger partial charge in [-0.25, -0.2) is 9.18 Å². The maximum atomic E-state index is 12.8. The fourth-order valence-electron chi connectivity index (χ4n) is 1.18. The van der Waals surface area contributed by atoms with E-state index in [2.05, 4.69) is 4.99 Å². The van der Waals surface area contributed by atoms with E-state index in [4.69, 9.17) is 0 Å². The molecule has 0 saturated carbocycles. The molecule has 1 aromatic rings. The number of hydrogen-bond donors (Lipinski definition) is 0. The summed E-state index contributed by atoms with van der Waals surface area (Å²) in [6.45, 7) is 1.89. The molecule has 0 aliphatic heterocycles. The van der Waals surface area contributed by atoms with Crippen LogP contribution < -0.4 is 0 Å². The zero-order valence-corrected chi connectivity index (χ0v) is 7.33. The van der Waals surface area contributed by atoms with E-state index >= 15 is 0 Å². The Hall–Kier alpha value is -1.47. The minimum absolute atomic E-state index is 0.270. The first kappa shape index (κ1) is 9.62. The van der Waals surface area contributed by atoms with Gasteiger partial charge in [0.05, 0.1) is 6.04 Å². The van der Waals surface area contributed by atoms with Gasteiger partial charge in [-0.05, 0) is 24.1 Å². The highest BCUT2D eigenvalue weighted by Crippen LogP contribution is 2.20. The van der Waals surface area contributed by atoms with Crippen molar-refractivity contribution in [2.75, 3.05) is 0 Å². The molecule has 3 heteroatoms. The van der Waals surface area contributed by atoms with E-state index in [1.807, 2.05) is 6.92 Å². The standard InChI is InChI=1S/C10H10FNO/c1-2-10(12-7-13)8-4-3-5-9(11)6-8/h3-6,10H,2H2,1H3. The highest BCUT2D eigenvalue weighted by atomic mass is 19.1. The maximum Gasteiger partial charge on any atom is 0.235 e. The molecule has 68 valence electrons. The third-order valence-corrected chi connectivity index (χ3v) is 1.83. The molecule has 0 fully saturated rings. The van der Waals surface area contributed by atoms with Crippen molar-refractivity contribution < 1.29 is 9.18 Å². The Kier molecular flexibility index (Phi) is 3.35. The summed E-state index contributed by atoms with van der Waals surface area (Å²) in [7, 11) is 0. The van der Waals surface area contributed by atoms with E-state index in [0.29, 0.717) is 12.0 Å². The predicted molar refractivity (Wildman–Crippen MR) is 47.6 cm³/mol. The number of hydrogen-bond acceptors (Lipinski definition) is 2. The summed E-state index contributed by atoms with van der Waals surface area (Å²) in [5.41, 5.74) is 0.714. The molecule has 1 unspecified atom stereocenters. The minimum atomic E-state index is -0.308. The fourth-order valence-corrected chi connectivity index (χ4v) is 1.18. The molecule has 0 amide bonds. The first-order valence-corrected chi connectivity index (χ1v) is 4.10. The Morgan fingerprint density at radius 1 is 1.62 bits per heavy atom. The lowest BCUT2D eigenvalue weighted by Crippen LogP contribution is -1.93. The van der Waals surface area contributed by atoms with E-state index < -0.39 is 0 Å². The first-order chi connectivity index (χ1) is 6.27. The summed E-state index contributed by atoms with van der Waals surface area (Å²) in [4.78, 5) is 13.6. The van der Waals surface area contributed by atoms with Gasteiger partial charge in [-0.3, -0.25) is 0 Å². The van der Waals surface area contributed by atoms with Gasteiger partial charge < -0.3 is 0 Å². The van der Waals surface area contributed by atoms with Crippen molar-refractivity contribution in [1.82, 2.24) is 0 Å². The van der Waals surface area contributed by atoms with E-state index in [1.165, 1.54) is 18.2 Å². The van der Waals surface area contributed by atoms with Crippen molar-refractivity contribution in [3.05, 3.63) is 35.6 Å². The number of benzene rings is 1. The topological polar surface area (TPSA) is 29.4 Å². The van der Waals surface area contributed by atoms with Crippen molar-refractivity contribution >= 4 is 6.08 Å². The molecule has 1 rings (SSSR count). The minimum Gasteiger partial charge on any atom is -0.211 e. The summed E-state index contributed by atoms with van der Waals surface area (Å²) >= 11 is 0. The Labute approximate surface area is 76.1 Å². The highest BCUT2D eigenvalue weighted by Gasteiger charge is 2.07. The highest BCUT2D eigenvalue weighted by molar-refractivity contribution is 5.35. The van der Waals surface area contributed by atoms with Crippen LogP contribution in [0.1, 0.15) is 24.9 Å². The van der Waals surface area contributed by atoms with Gasteiger partial charge in [-0.2, -0.15) is 4.99 Å². The van der Waals surface area contributed by atoms with Gasteiger partial charge in [0.15, 0.2) is 0 Å². The summed E-state index contributed by atoms with van der Waals surface area (Å²) < 4.78 is 12.8. The molecule has 1 atom stereocenters. The number of isocyanates is 1. The van der Waals surface area contributed by atoms with Crippen LogP contribution in [0.2, 0.25) is 0 Å². The lowest BCUT2D eigenvalue weighted by Gasteiger charge is -2.06. The normalized spacial score (nSPS) is 11.8. The Morgan fingerprint density at radius 2 is 2.38 bits per heavy atom. The third kappa shape index (κ3) is 2.49. The van der Waals surface area contributed by atoms with E-state index in [0.717, 1.165) is 0 Å². The van der Waals surface area contributed by atoms with E-state index in [1.54, 1.807) is 12.1 Å². The van der Waals surface area contributed by atoms with Crippen LogP contribution in [-0.4, -0.2) is 6.08 Å². The van der Waals surface area contributed by atoms with E-state index in [9.17, 15) is 9.18 Å². The molecule has 0 bridgehead atoms. The fraction of sp³-hybridized carbons (Fsp3) is 0.300. The van der Waals surface area contributed by atoms with Crippen LogP contribution in [0.5, 0.6) is 0 Å². The van der Waals surface area contributed by atoms with Crippen LogP contribution in [0.25, 0.3) is 0 Å². The van der Waals surface area contributed by atoms with Gasteiger partial charge in [0.1, 0.15) is 5.82 Å². The van der Waals surface area contributed by atoms with Crippen LogP contribution >= 0.6 is 0 Å². The monoisotopic (exact) mass is 179 g/mol. The molecular weight excluding hydrogens is 169 g/mol. The van der Waals surface area contributed by atoms with Gasteiger partial charge in [0, 0.05) is 0 Å². The molecule has 0 radical (unpaired) electrons. The molecule has 0 heterocycles. The Bertz CT molecular complexity index is 331. The maximum absolute atomic E-state index is 12.8. The van der Waals surface area contributed by atoms with Crippen LogP contribution in [0, 0.1) is 5.82 Å². The SMILES string of the molecule is CCC(N=C=O)c1cccc(F)c1. The Morgan fingerprint density at radius 3 is 2.92 bits per heavy atom. The van der Waals surface area contributed by atoms with Crippen molar-refractivity contribution in [1.29, 1.82) is 0 Å². The number of nitrogens with zero attached hydrogens (tertiary/aromatic N) is 1. The van der Waals surface area contributed by atoms with Crippen molar-refractivity contribution in [3.63, 3.8) is 0 Å². The Balaban J connectivity index is 2.97. The zero-order chi connectivity index (χ0) is 9.68. The van der Waals surface area contributed by atoms with Crippen LogP contribution in [0.4, 0.5) is 4.39 Å². The second-order valence-electron chi connectivity index (χ2n) is 2.70. The van der Waals surface area contributed by atoms with Gasteiger partial charge in [-0.15, -0.1) is 0 Å². The number of aliphatic imine (C=N–C) groups is 1. The van der Waals surface area contributed by atoms with Crippen molar-refractivity contribution in [2.45, 2.75) is 19.4 Å². The van der Waals surface area contributed by atoms with Gasteiger partial charge in [0.2, 0.25) is 6.08 Å². The largest absolute Gasteiger partial charge is 0.235 e. The molecule has 0 spiro atoms. The molecule has 0 aliphatic rings. The summed E-state index contributed by atoms with van der Waals surface area (Å²) in [5, 5.41) is 0. The third-order valence-electron chi connectivity index (χ3n) is 1.83. The van der Waals surface area contributed by atoms with Crippen molar-refractivity contribution in [2.24, 2.45) is 4.99 Å². The summed E-state index contributed by atoms with van der Waals surface area (Å²) in [5.74, 6) is -0.308. The molecular formula is C10H10FNO. The quantitative estimate of drug-likeness (QED) is 0.518. The molecule has 1 aromatic carbocycles. The summed E-state index contributed by atoms with van der Waals surface area (Å²) in [6.07, 6.45) is 2.15. The average molecular weight is 179 g/mol. The lowest BCUT2D eigenvalue weighted by molar-refractivity contribution is 0.555. The smallest absolute Gasteiger partial charge is 0.211 e. The second-order valence-corrected chi connectivity index (χ2v) is 2.70. The van der Waals surface area contributed by atoms with Crippen molar-refractivity contribution in [3.8, 4) is 0 Å². The van der Waals surface area contributed by atoms with Gasteiger partial charge in [-0.1, -0.05) is 19.1 Å². The molecule has 2 nitrogen and oxygen atoms in total. The molecule has 0 N–H and O–H groups in total. The molecule has 0 aromatic heterocycles. The molecule has 13 heavy (non-hydrogen) atoms. The zero-order valence-electron chi connectivity index (χ0n) is 7.33. The van der Waals surface area contributed by atoms with E-state index in [-0.39, 0.29) is 11.9 Å². The summed E-state index contributed by atoms with van der Waals surface area (Å²) in [6, 6.07) is 5.83. The van der Waals surface area contributed by atoms with Gasteiger partial charge in [0.25, 0.3) is 0 Å².